The summed E-state index contributed by atoms with van der Waals surface area (Å²) in [4.78, 5) is 0. The maximum absolute atomic E-state index is 13.8. The molecule has 0 spiro atoms. The van der Waals surface area contributed by atoms with Crippen molar-refractivity contribution >= 4 is 28.7 Å². The molecule has 0 unspecified atom stereocenters. The van der Waals surface area contributed by atoms with Crippen LogP contribution in [0.1, 0.15) is 0 Å². The Bertz CT molecular complexity index is 687. The number of hydrogen-bond acceptors (Lipinski definition) is 4. The lowest BCUT2D eigenvalue weighted by Gasteiger charge is -2.21. The van der Waals surface area contributed by atoms with E-state index >= 15 is 0 Å². The average Bonchev–Trinajstić information content (AvgIpc) is 2.43. The van der Waals surface area contributed by atoms with Crippen LogP contribution < -0.4 is 20.5 Å². The van der Waals surface area contributed by atoms with Crippen molar-refractivity contribution in [3.63, 3.8) is 0 Å². The van der Waals surface area contributed by atoms with Gasteiger partial charge in [-0.05, 0) is 6.07 Å². The lowest BCUT2D eigenvalue weighted by Crippen LogP contribution is -2.16. The second kappa shape index (κ2) is 5.29. The average molecular weight is 313 g/mol. The van der Waals surface area contributed by atoms with Crippen LogP contribution in [0.15, 0.2) is 24.3 Å². The van der Waals surface area contributed by atoms with Crippen LogP contribution in [-0.4, -0.2) is 13.2 Å². The predicted molar refractivity (Wildman–Crippen MR) is 76.5 cm³/mol. The molecule has 2 aromatic carbocycles. The molecule has 0 bridgehead atoms. The number of benzene rings is 2. The standard InChI is InChI=1S/C14H11ClF2N2O2/c15-8-3-7(16)4-9(17)14(8)19-11-6-13-12(5-10(11)18)20-1-2-21-13/h3-6,19H,1-2,18H2. The number of ether oxygens (including phenoxy) is 2. The molecular formula is C14H11ClF2N2O2. The van der Waals surface area contributed by atoms with E-state index in [1.165, 1.54) is 0 Å². The molecule has 110 valence electrons. The molecule has 4 nitrogen and oxygen atoms in total. The third-order valence-corrected chi connectivity index (χ3v) is 3.28. The van der Waals surface area contributed by atoms with Crippen LogP contribution in [0.3, 0.4) is 0 Å². The molecule has 1 aliphatic heterocycles. The molecule has 3 N–H and O–H groups in total. The maximum Gasteiger partial charge on any atom is 0.163 e. The van der Waals surface area contributed by atoms with Crippen LogP contribution in [0.4, 0.5) is 25.8 Å². The first-order chi connectivity index (χ1) is 10.0. The van der Waals surface area contributed by atoms with Gasteiger partial charge in [0.2, 0.25) is 0 Å². The maximum atomic E-state index is 13.8. The Morgan fingerprint density at radius 2 is 1.71 bits per heavy atom. The lowest BCUT2D eigenvalue weighted by atomic mass is 10.2. The Morgan fingerprint density at radius 3 is 2.38 bits per heavy atom. The third kappa shape index (κ3) is 2.67. The molecule has 3 rings (SSSR count). The normalized spacial score (nSPS) is 13.1. The Hall–Kier alpha value is -2.21. The quantitative estimate of drug-likeness (QED) is 0.830. The number of halogens is 3. The molecule has 7 heteroatoms. The van der Waals surface area contributed by atoms with Crippen LogP contribution in [0, 0.1) is 11.6 Å². The van der Waals surface area contributed by atoms with Crippen molar-refractivity contribution in [3.8, 4) is 11.5 Å². The second-order valence-corrected chi connectivity index (χ2v) is 4.86. The zero-order valence-corrected chi connectivity index (χ0v) is 11.5. The monoisotopic (exact) mass is 312 g/mol. The minimum absolute atomic E-state index is 0.0542. The van der Waals surface area contributed by atoms with Crippen molar-refractivity contribution in [2.45, 2.75) is 0 Å². The van der Waals surface area contributed by atoms with Gasteiger partial charge in [-0.25, -0.2) is 8.78 Å². The van der Waals surface area contributed by atoms with Gasteiger partial charge in [0.1, 0.15) is 19.0 Å². The van der Waals surface area contributed by atoms with Crippen molar-refractivity contribution in [2.24, 2.45) is 0 Å². The van der Waals surface area contributed by atoms with E-state index in [1.54, 1.807) is 12.1 Å². The van der Waals surface area contributed by atoms with E-state index in [2.05, 4.69) is 5.32 Å². The molecule has 0 saturated heterocycles. The Morgan fingerprint density at radius 1 is 1.05 bits per heavy atom. The first kappa shape index (κ1) is 13.8. The highest BCUT2D eigenvalue weighted by atomic mass is 35.5. The Labute approximate surface area is 124 Å². The van der Waals surface area contributed by atoms with Crippen LogP contribution in [0.2, 0.25) is 5.02 Å². The highest BCUT2D eigenvalue weighted by Gasteiger charge is 2.17. The van der Waals surface area contributed by atoms with Gasteiger partial charge in [0.05, 0.1) is 22.1 Å². The molecule has 0 amide bonds. The van der Waals surface area contributed by atoms with Crippen molar-refractivity contribution in [1.29, 1.82) is 0 Å². The van der Waals surface area contributed by atoms with E-state index in [-0.39, 0.29) is 10.7 Å². The minimum Gasteiger partial charge on any atom is -0.486 e. The number of nitrogen functional groups attached to an aromatic ring is 1. The van der Waals surface area contributed by atoms with E-state index in [0.29, 0.717) is 36.1 Å². The molecule has 0 atom stereocenters. The third-order valence-electron chi connectivity index (χ3n) is 2.98. The van der Waals surface area contributed by atoms with Gasteiger partial charge in [0.15, 0.2) is 17.3 Å². The largest absolute Gasteiger partial charge is 0.486 e. The molecule has 0 saturated carbocycles. The fraction of sp³-hybridized carbons (Fsp3) is 0.143. The van der Waals surface area contributed by atoms with E-state index in [9.17, 15) is 8.78 Å². The van der Waals surface area contributed by atoms with Gasteiger partial charge < -0.3 is 20.5 Å². The van der Waals surface area contributed by atoms with E-state index < -0.39 is 11.6 Å². The SMILES string of the molecule is Nc1cc2c(cc1Nc1c(F)cc(F)cc1Cl)OCCO2. The molecule has 1 heterocycles. The highest BCUT2D eigenvalue weighted by Crippen LogP contribution is 2.39. The first-order valence-electron chi connectivity index (χ1n) is 6.15. The first-order valence-corrected chi connectivity index (χ1v) is 6.53. The summed E-state index contributed by atoms with van der Waals surface area (Å²) >= 11 is 5.84. The summed E-state index contributed by atoms with van der Waals surface area (Å²) in [5.41, 5.74) is 6.56. The van der Waals surface area contributed by atoms with Crippen LogP contribution in [-0.2, 0) is 0 Å². The van der Waals surface area contributed by atoms with E-state index in [4.69, 9.17) is 26.8 Å². The van der Waals surface area contributed by atoms with Crippen molar-refractivity contribution in [2.75, 3.05) is 24.3 Å². The van der Waals surface area contributed by atoms with E-state index in [0.717, 1.165) is 12.1 Å². The van der Waals surface area contributed by atoms with E-state index in [1.807, 2.05) is 0 Å². The Kier molecular flexibility index (Phi) is 3.47. The molecular weight excluding hydrogens is 302 g/mol. The van der Waals surface area contributed by atoms with Gasteiger partial charge in [0, 0.05) is 18.2 Å². The zero-order valence-electron chi connectivity index (χ0n) is 10.8. The molecule has 2 aromatic rings. The summed E-state index contributed by atoms with van der Waals surface area (Å²) in [6, 6.07) is 4.92. The van der Waals surface area contributed by atoms with Gasteiger partial charge in [-0.1, -0.05) is 11.6 Å². The van der Waals surface area contributed by atoms with Crippen LogP contribution >= 0.6 is 11.6 Å². The van der Waals surface area contributed by atoms with Gasteiger partial charge >= 0.3 is 0 Å². The number of anilines is 3. The molecule has 0 aromatic heterocycles. The number of nitrogens with one attached hydrogen (secondary N) is 1. The number of fused-ring (bicyclic) bond motifs is 1. The molecule has 0 radical (unpaired) electrons. The van der Waals surface area contributed by atoms with Crippen LogP contribution in [0.5, 0.6) is 11.5 Å². The molecule has 21 heavy (non-hydrogen) atoms. The lowest BCUT2D eigenvalue weighted by molar-refractivity contribution is 0.172. The fourth-order valence-corrected chi connectivity index (χ4v) is 2.25. The topological polar surface area (TPSA) is 56.5 Å². The second-order valence-electron chi connectivity index (χ2n) is 4.45. The smallest absolute Gasteiger partial charge is 0.163 e. The summed E-state index contributed by atoms with van der Waals surface area (Å²) in [6.45, 7) is 0.861. The number of rotatable bonds is 2. The zero-order chi connectivity index (χ0) is 15.0. The molecule has 0 fully saturated rings. The predicted octanol–water partition coefficient (Wildman–Crippen LogP) is 3.72. The summed E-state index contributed by atoms with van der Waals surface area (Å²) < 4.78 is 37.6. The summed E-state index contributed by atoms with van der Waals surface area (Å²) in [7, 11) is 0. The van der Waals surface area contributed by atoms with Gasteiger partial charge in [-0.15, -0.1) is 0 Å². The number of hydrogen-bond donors (Lipinski definition) is 2. The van der Waals surface area contributed by atoms with Crippen molar-refractivity contribution in [3.05, 3.63) is 40.9 Å². The summed E-state index contributed by atoms with van der Waals surface area (Å²) in [5, 5.41) is 2.67. The molecule has 1 aliphatic rings. The Balaban J connectivity index is 1.99. The van der Waals surface area contributed by atoms with Gasteiger partial charge in [-0.2, -0.15) is 0 Å². The summed E-state index contributed by atoms with van der Waals surface area (Å²) in [5.74, 6) is -0.543. The van der Waals surface area contributed by atoms with Crippen molar-refractivity contribution < 1.29 is 18.3 Å². The molecule has 0 aliphatic carbocycles. The number of nitrogens with two attached hydrogens (primary N) is 1. The van der Waals surface area contributed by atoms with Crippen molar-refractivity contribution in [1.82, 2.24) is 0 Å². The summed E-state index contributed by atoms with van der Waals surface area (Å²) in [6.07, 6.45) is 0. The minimum atomic E-state index is -0.811. The highest BCUT2D eigenvalue weighted by molar-refractivity contribution is 6.33. The van der Waals surface area contributed by atoms with Crippen LogP contribution in [0.25, 0.3) is 0 Å². The van der Waals surface area contributed by atoms with Gasteiger partial charge in [0.25, 0.3) is 0 Å². The fourth-order valence-electron chi connectivity index (χ4n) is 2.01. The van der Waals surface area contributed by atoms with Gasteiger partial charge in [-0.3, -0.25) is 0 Å².